The summed E-state index contributed by atoms with van der Waals surface area (Å²) in [6.45, 7) is 7.44. The molecule has 0 bridgehead atoms. The summed E-state index contributed by atoms with van der Waals surface area (Å²) in [6, 6.07) is 0. The van der Waals surface area contributed by atoms with Crippen LogP contribution in [0.1, 0.15) is 13.3 Å². The molecule has 0 aromatic rings. The summed E-state index contributed by atoms with van der Waals surface area (Å²) in [6.07, 6.45) is 2.84. The Balaban J connectivity index is 2.34. The highest BCUT2D eigenvalue weighted by molar-refractivity contribution is 5.79. The summed E-state index contributed by atoms with van der Waals surface area (Å²) in [5, 5.41) is 0. The van der Waals surface area contributed by atoms with Gasteiger partial charge in [0.1, 0.15) is 6.10 Å². The number of hydroxylamine groups is 1. The van der Waals surface area contributed by atoms with Crippen molar-refractivity contribution in [1.82, 2.24) is 10.4 Å². The molecule has 1 aliphatic rings. The van der Waals surface area contributed by atoms with Gasteiger partial charge in [-0.05, 0) is 13.3 Å². The van der Waals surface area contributed by atoms with Gasteiger partial charge >= 0.3 is 0 Å². The predicted octanol–water partition coefficient (Wildman–Crippen LogP) is 0.774. The first kappa shape index (κ1) is 10.1. The molecule has 0 amide bonds. The van der Waals surface area contributed by atoms with E-state index in [2.05, 4.69) is 17.1 Å². The highest BCUT2D eigenvalue weighted by atomic mass is 16.7. The Morgan fingerprint density at radius 3 is 3.15 bits per heavy atom. The quantitative estimate of drug-likeness (QED) is 0.519. The Kier molecular flexibility index (Phi) is 3.76. The molecule has 0 radical (unpaired) electrons. The first-order chi connectivity index (χ1) is 6.24. The lowest BCUT2D eigenvalue weighted by molar-refractivity contribution is 0.0424. The van der Waals surface area contributed by atoms with Gasteiger partial charge in [0.2, 0.25) is 5.96 Å². The van der Waals surface area contributed by atoms with Crippen molar-refractivity contribution in [3.63, 3.8) is 0 Å². The van der Waals surface area contributed by atoms with Gasteiger partial charge in [-0.25, -0.2) is 5.48 Å². The molecule has 0 saturated heterocycles. The number of hydrogen-bond acceptors (Lipinski definition) is 4. The van der Waals surface area contributed by atoms with Gasteiger partial charge in [0, 0.05) is 20.1 Å². The average Bonchev–Trinajstić information content (AvgIpc) is 2.16. The smallest absolute Gasteiger partial charge is 0.218 e. The molecule has 4 nitrogen and oxygen atoms in total. The zero-order valence-corrected chi connectivity index (χ0v) is 8.29. The van der Waals surface area contributed by atoms with E-state index in [1.54, 1.807) is 6.08 Å². The highest BCUT2D eigenvalue weighted by Crippen LogP contribution is 1.98. The second kappa shape index (κ2) is 4.87. The minimum absolute atomic E-state index is 0.00183. The van der Waals surface area contributed by atoms with Crippen LogP contribution in [0.15, 0.2) is 17.6 Å². The van der Waals surface area contributed by atoms with Crippen molar-refractivity contribution in [2.24, 2.45) is 4.99 Å². The SMILES string of the molecule is C=CC(C)ONC1=NCCCN1C. The van der Waals surface area contributed by atoms with E-state index >= 15 is 0 Å². The van der Waals surface area contributed by atoms with Gasteiger partial charge in [-0.3, -0.25) is 9.83 Å². The molecule has 0 aromatic heterocycles. The fourth-order valence-corrected chi connectivity index (χ4v) is 1.02. The third-order valence-electron chi connectivity index (χ3n) is 1.94. The molecule has 1 rings (SSSR count). The van der Waals surface area contributed by atoms with E-state index in [-0.39, 0.29) is 6.10 Å². The van der Waals surface area contributed by atoms with Crippen LogP contribution in [0, 0.1) is 0 Å². The van der Waals surface area contributed by atoms with E-state index in [0.29, 0.717) is 0 Å². The minimum Gasteiger partial charge on any atom is -0.344 e. The number of hydrogen-bond donors (Lipinski definition) is 1. The summed E-state index contributed by atoms with van der Waals surface area (Å²) in [4.78, 5) is 11.6. The lowest BCUT2D eigenvalue weighted by atomic mass is 10.4. The van der Waals surface area contributed by atoms with E-state index in [1.807, 2.05) is 18.9 Å². The Hall–Kier alpha value is -1.03. The Bertz CT molecular complexity index is 203. The zero-order chi connectivity index (χ0) is 9.68. The van der Waals surface area contributed by atoms with E-state index in [1.165, 1.54) is 0 Å². The number of nitrogens with zero attached hydrogens (tertiary/aromatic N) is 2. The van der Waals surface area contributed by atoms with Crippen LogP contribution in [0.5, 0.6) is 0 Å². The fourth-order valence-electron chi connectivity index (χ4n) is 1.02. The zero-order valence-electron chi connectivity index (χ0n) is 8.29. The maximum atomic E-state index is 5.26. The van der Waals surface area contributed by atoms with Crippen molar-refractivity contribution >= 4 is 5.96 Å². The van der Waals surface area contributed by atoms with Crippen molar-refractivity contribution in [1.29, 1.82) is 0 Å². The van der Waals surface area contributed by atoms with E-state index in [0.717, 1.165) is 25.5 Å². The van der Waals surface area contributed by atoms with Gasteiger partial charge in [-0.15, -0.1) is 6.58 Å². The molecule has 0 aromatic carbocycles. The van der Waals surface area contributed by atoms with Crippen LogP contribution >= 0.6 is 0 Å². The number of nitrogens with one attached hydrogen (secondary N) is 1. The summed E-state index contributed by atoms with van der Waals surface area (Å²) >= 11 is 0. The largest absolute Gasteiger partial charge is 0.344 e. The molecule has 1 aliphatic heterocycles. The molecule has 1 N–H and O–H groups in total. The summed E-state index contributed by atoms with van der Waals surface area (Å²) in [5.74, 6) is 0.806. The average molecular weight is 183 g/mol. The fraction of sp³-hybridized carbons (Fsp3) is 0.667. The molecule has 0 saturated carbocycles. The Labute approximate surface area is 79.2 Å². The lowest BCUT2D eigenvalue weighted by Gasteiger charge is -2.25. The molecule has 1 heterocycles. The van der Waals surface area contributed by atoms with Gasteiger partial charge < -0.3 is 4.90 Å². The molecule has 1 unspecified atom stereocenters. The van der Waals surface area contributed by atoms with E-state index in [9.17, 15) is 0 Å². The van der Waals surface area contributed by atoms with Crippen LogP contribution in [-0.4, -0.2) is 37.1 Å². The molecule has 74 valence electrons. The highest BCUT2D eigenvalue weighted by Gasteiger charge is 2.10. The molecule has 1 atom stereocenters. The predicted molar refractivity (Wildman–Crippen MR) is 53.4 cm³/mol. The van der Waals surface area contributed by atoms with E-state index in [4.69, 9.17) is 4.84 Å². The second-order valence-corrected chi connectivity index (χ2v) is 3.14. The third kappa shape index (κ3) is 3.06. The van der Waals surface area contributed by atoms with Gasteiger partial charge in [0.05, 0.1) is 0 Å². The molecular weight excluding hydrogens is 166 g/mol. The summed E-state index contributed by atoms with van der Waals surface area (Å²) in [5.41, 5.74) is 2.83. The van der Waals surface area contributed by atoms with Crippen LogP contribution in [-0.2, 0) is 4.84 Å². The minimum atomic E-state index is -0.00183. The van der Waals surface area contributed by atoms with Crippen molar-refractivity contribution in [2.75, 3.05) is 20.1 Å². The number of guanidine groups is 1. The molecule has 0 spiro atoms. The van der Waals surface area contributed by atoms with Gasteiger partial charge in [-0.2, -0.15) is 0 Å². The second-order valence-electron chi connectivity index (χ2n) is 3.14. The van der Waals surface area contributed by atoms with Crippen LogP contribution in [0.3, 0.4) is 0 Å². The summed E-state index contributed by atoms with van der Waals surface area (Å²) < 4.78 is 0. The van der Waals surface area contributed by atoms with Crippen molar-refractivity contribution in [3.8, 4) is 0 Å². The number of aliphatic imine (C=N–C) groups is 1. The lowest BCUT2D eigenvalue weighted by Crippen LogP contribution is -2.43. The monoisotopic (exact) mass is 183 g/mol. The topological polar surface area (TPSA) is 36.9 Å². The standard InChI is InChI=1S/C9H17N3O/c1-4-8(2)13-11-9-10-6-5-7-12(9)3/h4,8H,1,5-7H2,2-3H3,(H,10,11). The molecule has 0 aliphatic carbocycles. The van der Waals surface area contributed by atoms with Crippen molar-refractivity contribution in [3.05, 3.63) is 12.7 Å². The first-order valence-electron chi connectivity index (χ1n) is 4.54. The maximum absolute atomic E-state index is 5.26. The van der Waals surface area contributed by atoms with Crippen molar-refractivity contribution < 1.29 is 4.84 Å². The van der Waals surface area contributed by atoms with Crippen LogP contribution in [0.4, 0.5) is 0 Å². The van der Waals surface area contributed by atoms with E-state index < -0.39 is 0 Å². The van der Waals surface area contributed by atoms with Crippen LogP contribution < -0.4 is 5.48 Å². The third-order valence-corrected chi connectivity index (χ3v) is 1.94. The van der Waals surface area contributed by atoms with Gasteiger partial charge in [0.15, 0.2) is 0 Å². The number of rotatable bonds is 3. The summed E-state index contributed by atoms with van der Waals surface area (Å²) in [7, 11) is 1.99. The molecule has 13 heavy (non-hydrogen) atoms. The van der Waals surface area contributed by atoms with Crippen LogP contribution in [0.2, 0.25) is 0 Å². The Morgan fingerprint density at radius 2 is 2.54 bits per heavy atom. The normalized spacial score (nSPS) is 19.2. The first-order valence-corrected chi connectivity index (χ1v) is 4.54. The van der Waals surface area contributed by atoms with Crippen molar-refractivity contribution in [2.45, 2.75) is 19.4 Å². The van der Waals surface area contributed by atoms with Gasteiger partial charge in [0.25, 0.3) is 0 Å². The van der Waals surface area contributed by atoms with Crippen LogP contribution in [0.25, 0.3) is 0 Å². The molecule has 4 heteroatoms. The Morgan fingerprint density at radius 1 is 1.77 bits per heavy atom. The molecular formula is C9H17N3O. The maximum Gasteiger partial charge on any atom is 0.218 e. The van der Waals surface area contributed by atoms with Gasteiger partial charge in [-0.1, -0.05) is 6.08 Å². The molecule has 0 fully saturated rings.